The minimum Gasteiger partial charge on any atom is -0.310 e. The van der Waals surface area contributed by atoms with E-state index in [0.717, 1.165) is 5.56 Å². The third-order valence-corrected chi connectivity index (χ3v) is 3.15. The van der Waals surface area contributed by atoms with Gasteiger partial charge in [0.25, 0.3) is 5.56 Å². The summed E-state index contributed by atoms with van der Waals surface area (Å²) in [6, 6.07) is 10.7. The van der Waals surface area contributed by atoms with Gasteiger partial charge in [0.2, 0.25) is 11.7 Å². The first-order chi connectivity index (χ1) is 10.5. The summed E-state index contributed by atoms with van der Waals surface area (Å²) >= 11 is 0. The Morgan fingerprint density at radius 2 is 2.00 bits per heavy atom. The van der Waals surface area contributed by atoms with Gasteiger partial charge in [-0.1, -0.05) is 44.2 Å². The van der Waals surface area contributed by atoms with Crippen LogP contribution in [0.3, 0.4) is 0 Å². The van der Waals surface area contributed by atoms with E-state index in [9.17, 15) is 9.59 Å². The summed E-state index contributed by atoms with van der Waals surface area (Å²) in [5.74, 6) is 0.662. The van der Waals surface area contributed by atoms with Crippen molar-refractivity contribution in [1.82, 2.24) is 19.6 Å². The predicted molar refractivity (Wildman–Crippen MR) is 82.5 cm³/mol. The first kappa shape index (κ1) is 14.0. The quantitative estimate of drug-likeness (QED) is 0.769. The fourth-order valence-corrected chi connectivity index (χ4v) is 1.96. The third kappa shape index (κ3) is 2.60. The monoisotopic (exact) mass is 297 g/mol. The van der Waals surface area contributed by atoms with E-state index in [4.69, 9.17) is 0 Å². The lowest BCUT2D eigenvalue weighted by Gasteiger charge is -2.07. The molecule has 3 aromatic rings. The number of hydrogen-bond donors (Lipinski definition) is 2. The van der Waals surface area contributed by atoms with Crippen molar-refractivity contribution in [2.45, 2.75) is 13.8 Å². The molecule has 2 aromatic heterocycles. The summed E-state index contributed by atoms with van der Waals surface area (Å²) in [6.45, 7) is 3.55. The number of carbonyl (C=O) groups is 1. The summed E-state index contributed by atoms with van der Waals surface area (Å²) in [4.78, 5) is 30.5. The fourth-order valence-electron chi connectivity index (χ4n) is 1.96. The maximum Gasteiger partial charge on any atom is 0.254 e. The molecule has 1 aromatic carbocycles. The molecule has 7 heteroatoms. The Morgan fingerprint density at radius 3 is 2.68 bits per heavy atom. The van der Waals surface area contributed by atoms with E-state index in [2.05, 4.69) is 20.4 Å². The molecule has 112 valence electrons. The molecule has 0 unspecified atom stereocenters. The van der Waals surface area contributed by atoms with E-state index in [1.807, 2.05) is 30.3 Å². The molecule has 0 bridgehead atoms. The van der Waals surface area contributed by atoms with Gasteiger partial charge in [0.05, 0.1) is 0 Å². The van der Waals surface area contributed by atoms with Crippen LogP contribution in [-0.2, 0) is 4.79 Å². The minimum absolute atomic E-state index is 0.191. The van der Waals surface area contributed by atoms with Crippen LogP contribution in [0.2, 0.25) is 0 Å². The molecule has 0 aliphatic heterocycles. The average molecular weight is 297 g/mol. The summed E-state index contributed by atoms with van der Waals surface area (Å²) in [5, 5.41) is 7.05. The molecule has 3 rings (SSSR count). The molecule has 2 heterocycles. The normalized spacial score (nSPS) is 11.0. The van der Waals surface area contributed by atoms with Gasteiger partial charge in [0.1, 0.15) is 5.82 Å². The number of nitrogens with zero attached hydrogens (tertiary/aromatic N) is 3. The zero-order valence-electron chi connectivity index (χ0n) is 12.2. The summed E-state index contributed by atoms with van der Waals surface area (Å²) in [7, 11) is 0. The van der Waals surface area contributed by atoms with Crippen molar-refractivity contribution in [3.8, 4) is 11.4 Å². The Hall–Kier alpha value is -2.96. The third-order valence-electron chi connectivity index (χ3n) is 3.15. The van der Waals surface area contributed by atoms with Crippen molar-refractivity contribution in [1.29, 1.82) is 0 Å². The second kappa shape index (κ2) is 5.44. The number of benzene rings is 1. The average Bonchev–Trinajstić information content (AvgIpc) is 2.92. The number of anilines is 1. The predicted octanol–water partition coefficient (Wildman–Crippen LogP) is 1.68. The molecule has 2 N–H and O–H groups in total. The molecule has 0 aliphatic carbocycles. The lowest BCUT2D eigenvalue weighted by molar-refractivity contribution is -0.118. The molecule has 0 radical (unpaired) electrons. The zero-order valence-corrected chi connectivity index (χ0v) is 12.2. The Bertz CT molecular complexity index is 880. The first-order valence-corrected chi connectivity index (χ1v) is 6.91. The second-order valence-corrected chi connectivity index (χ2v) is 5.20. The maximum absolute atomic E-state index is 11.9. The van der Waals surface area contributed by atoms with Gasteiger partial charge in [-0.05, 0) is 0 Å². The van der Waals surface area contributed by atoms with Gasteiger partial charge in [0, 0.05) is 17.5 Å². The minimum atomic E-state index is -0.349. The molecule has 0 saturated heterocycles. The van der Waals surface area contributed by atoms with Crippen molar-refractivity contribution in [2.75, 3.05) is 5.32 Å². The number of aromatic amines is 1. The van der Waals surface area contributed by atoms with Crippen LogP contribution in [-0.4, -0.2) is 25.5 Å². The molecule has 0 spiro atoms. The zero-order chi connectivity index (χ0) is 15.7. The van der Waals surface area contributed by atoms with Crippen LogP contribution < -0.4 is 10.9 Å². The topological polar surface area (TPSA) is 92.1 Å². The molecule has 0 saturated carbocycles. The summed E-state index contributed by atoms with van der Waals surface area (Å²) < 4.78 is 1.42. The fraction of sp³-hybridized carbons (Fsp3) is 0.200. The van der Waals surface area contributed by atoms with Crippen molar-refractivity contribution >= 4 is 17.5 Å². The van der Waals surface area contributed by atoms with Crippen molar-refractivity contribution in [3.05, 3.63) is 46.8 Å². The number of hydrogen-bond acceptors (Lipinski definition) is 4. The number of nitrogens with one attached hydrogen (secondary N) is 2. The van der Waals surface area contributed by atoms with Gasteiger partial charge in [0.15, 0.2) is 5.82 Å². The van der Waals surface area contributed by atoms with E-state index < -0.39 is 0 Å². The highest BCUT2D eigenvalue weighted by molar-refractivity contribution is 5.91. The lowest BCUT2D eigenvalue weighted by atomic mass is 10.2. The van der Waals surface area contributed by atoms with Gasteiger partial charge < -0.3 is 5.32 Å². The number of carbonyl (C=O) groups excluding carboxylic acids is 1. The SMILES string of the molecule is CC(C)C(=O)Nc1cc(=O)[nH]c2nc(-c3ccccc3)nn12. The number of fused-ring (bicyclic) bond motifs is 1. The van der Waals surface area contributed by atoms with Gasteiger partial charge in [-0.2, -0.15) is 9.50 Å². The molecular formula is C15H15N5O2. The van der Waals surface area contributed by atoms with Crippen LogP contribution in [0.1, 0.15) is 13.8 Å². The maximum atomic E-state index is 11.9. The van der Waals surface area contributed by atoms with E-state index >= 15 is 0 Å². The smallest absolute Gasteiger partial charge is 0.254 e. The lowest BCUT2D eigenvalue weighted by Crippen LogP contribution is -2.22. The largest absolute Gasteiger partial charge is 0.310 e. The van der Waals surface area contributed by atoms with E-state index in [-0.39, 0.29) is 23.2 Å². The Morgan fingerprint density at radius 1 is 1.27 bits per heavy atom. The molecular weight excluding hydrogens is 282 g/mol. The van der Waals surface area contributed by atoms with Crippen LogP contribution in [0.25, 0.3) is 17.2 Å². The first-order valence-electron chi connectivity index (χ1n) is 6.91. The highest BCUT2D eigenvalue weighted by Crippen LogP contribution is 2.16. The number of aromatic nitrogens is 4. The number of amides is 1. The highest BCUT2D eigenvalue weighted by atomic mass is 16.2. The standard InChI is InChI=1S/C15H15N5O2/c1-9(2)14(22)16-11-8-12(21)17-15-18-13(19-20(11)15)10-6-4-3-5-7-10/h3-9H,1-2H3,(H,16,22)(H,17,18,19,21). The molecule has 0 fully saturated rings. The van der Waals surface area contributed by atoms with Gasteiger partial charge in [-0.25, -0.2) is 0 Å². The number of H-pyrrole nitrogens is 1. The van der Waals surface area contributed by atoms with Crippen LogP contribution >= 0.6 is 0 Å². The molecule has 22 heavy (non-hydrogen) atoms. The van der Waals surface area contributed by atoms with Crippen LogP contribution in [0.15, 0.2) is 41.2 Å². The summed E-state index contributed by atoms with van der Waals surface area (Å²) in [6.07, 6.45) is 0. The van der Waals surface area contributed by atoms with E-state index in [1.165, 1.54) is 10.6 Å². The van der Waals surface area contributed by atoms with E-state index in [0.29, 0.717) is 11.6 Å². The van der Waals surface area contributed by atoms with Crippen LogP contribution in [0.4, 0.5) is 5.82 Å². The van der Waals surface area contributed by atoms with Gasteiger partial charge >= 0.3 is 0 Å². The Kier molecular flexibility index (Phi) is 3.46. The van der Waals surface area contributed by atoms with Crippen molar-refractivity contribution < 1.29 is 4.79 Å². The molecule has 7 nitrogen and oxygen atoms in total. The van der Waals surface area contributed by atoms with Crippen LogP contribution in [0, 0.1) is 5.92 Å². The number of rotatable bonds is 3. The highest BCUT2D eigenvalue weighted by Gasteiger charge is 2.14. The summed E-state index contributed by atoms with van der Waals surface area (Å²) in [5.41, 5.74) is 0.478. The van der Waals surface area contributed by atoms with Gasteiger partial charge in [-0.15, -0.1) is 5.10 Å². The van der Waals surface area contributed by atoms with Crippen LogP contribution in [0.5, 0.6) is 0 Å². The second-order valence-electron chi connectivity index (χ2n) is 5.20. The van der Waals surface area contributed by atoms with E-state index in [1.54, 1.807) is 13.8 Å². The van der Waals surface area contributed by atoms with Gasteiger partial charge in [-0.3, -0.25) is 14.6 Å². The molecule has 1 amide bonds. The molecule has 0 aliphatic rings. The Balaban J connectivity index is 2.11. The van der Waals surface area contributed by atoms with Crippen molar-refractivity contribution in [2.24, 2.45) is 5.92 Å². The Labute approximate surface area is 126 Å². The molecule has 0 atom stereocenters. The van der Waals surface area contributed by atoms with Crippen molar-refractivity contribution in [3.63, 3.8) is 0 Å².